The molecule has 1 heterocycles. The highest BCUT2D eigenvalue weighted by molar-refractivity contribution is 7.80. The van der Waals surface area contributed by atoms with Gasteiger partial charge >= 0.3 is 5.97 Å². The van der Waals surface area contributed by atoms with Gasteiger partial charge in [0, 0.05) is 12.6 Å². The molecule has 0 N–H and O–H groups in total. The number of halogens is 1. The van der Waals surface area contributed by atoms with Gasteiger partial charge in [0.25, 0.3) is 5.91 Å². The summed E-state index contributed by atoms with van der Waals surface area (Å²) in [5, 5.41) is 0.219. The molecular weight excluding hydrogens is 395 g/mol. The molecule has 1 amide bonds. The number of nitrogens with zero attached hydrogens (tertiary/aromatic N) is 2. The van der Waals surface area contributed by atoms with Gasteiger partial charge in [0.2, 0.25) is 0 Å². The van der Waals surface area contributed by atoms with E-state index in [1.807, 2.05) is 12.1 Å². The predicted octanol–water partition coefficient (Wildman–Crippen LogP) is 2.98. The summed E-state index contributed by atoms with van der Waals surface area (Å²) in [6.07, 6.45) is 1.66. The summed E-state index contributed by atoms with van der Waals surface area (Å²) in [4.78, 5) is 27.0. The summed E-state index contributed by atoms with van der Waals surface area (Å²) in [5.74, 6) is -0.702. The molecule has 0 radical (unpaired) electrons. The molecule has 1 aliphatic heterocycles. The van der Waals surface area contributed by atoms with E-state index in [1.54, 1.807) is 37.4 Å². The number of esters is 1. The van der Waals surface area contributed by atoms with Crippen molar-refractivity contribution in [1.29, 1.82) is 0 Å². The number of ether oxygens (including phenoxy) is 2. The predicted molar refractivity (Wildman–Crippen MR) is 109 cm³/mol. The normalized spacial score (nSPS) is 15.2. The molecule has 8 heteroatoms. The maximum Gasteiger partial charge on any atom is 0.325 e. The van der Waals surface area contributed by atoms with Crippen LogP contribution < -0.4 is 4.74 Å². The first kappa shape index (κ1) is 20.5. The molecule has 1 saturated heterocycles. The van der Waals surface area contributed by atoms with Gasteiger partial charge in [-0.05, 0) is 42.1 Å². The third kappa shape index (κ3) is 4.60. The van der Waals surface area contributed by atoms with Gasteiger partial charge in [-0.2, -0.15) is 0 Å². The van der Waals surface area contributed by atoms with Crippen LogP contribution in [0.2, 0.25) is 0 Å². The molecule has 3 rings (SSSR count). The molecule has 0 aliphatic carbocycles. The zero-order chi connectivity index (χ0) is 21.0. The second-order valence-corrected chi connectivity index (χ2v) is 6.66. The number of hydrogen-bond donors (Lipinski definition) is 0. The Morgan fingerprint density at radius 1 is 1.17 bits per heavy atom. The number of thiocarbonyl (C=S) groups is 1. The molecule has 0 spiro atoms. The van der Waals surface area contributed by atoms with E-state index < -0.39 is 11.9 Å². The zero-order valence-electron chi connectivity index (χ0n) is 15.9. The second kappa shape index (κ2) is 8.83. The van der Waals surface area contributed by atoms with Crippen LogP contribution in [0.15, 0.2) is 54.2 Å². The lowest BCUT2D eigenvalue weighted by atomic mass is 10.1. The van der Waals surface area contributed by atoms with Crippen LogP contribution in [-0.4, -0.2) is 47.5 Å². The first-order valence-electron chi connectivity index (χ1n) is 8.75. The van der Waals surface area contributed by atoms with Gasteiger partial charge in [0.05, 0.1) is 7.11 Å². The summed E-state index contributed by atoms with van der Waals surface area (Å²) < 4.78 is 23.5. The Kier molecular flexibility index (Phi) is 6.23. The molecule has 0 saturated carbocycles. The van der Waals surface area contributed by atoms with E-state index in [-0.39, 0.29) is 24.1 Å². The number of hydrogen-bond acceptors (Lipinski definition) is 5. The van der Waals surface area contributed by atoms with E-state index in [4.69, 9.17) is 17.0 Å². The Hall–Kier alpha value is -3.26. The summed E-state index contributed by atoms with van der Waals surface area (Å²) in [5.41, 5.74) is 1.80. The molecule has 150 valence electrons. The van der Waals surface area contributed by atoms with Crippen LogP contribution in [0.25, 0.3) is 6.08 Å². The van der Waals surface area contributed by atoms with Crippen LogP contribution in [0.4, 0.5) is 4.39 Å². The molecular formula is C21H19FN2O4S. The standard InChI is InChI=1S/C21H19FN2O4S/c1-23-17(20(26)24(21(23)29)12-19(25)27-2)11-15-5-3-4-6-18(15)28-13-14-7-9-16(22)10-8-14/h3-11H,12-13H2,1-2H3/b17-11-. The van der Waals surface area contributed by atoms with Gasteiger partial charge in [-0.15, -0.1) is 0 Å². The highest BCUT2D eigenvalue weighted by Crippen LogP contribution is 2.27. The molecule has 0 aromatic heterocycles. The van der Waals surface area contributed by atoms with E-state index in [9.17, 15) is 14.0 Å². The minimum absolute atomic E-state index is 0.219. The Balaban J connectivity index is 1.82. The van der Waals surface area contributed by atoms with Crippen LogP contribution >= 0.6 is 12.2 Å². The number of likely N-dealkylation sites (N-methyl/N-ethyl adjacent to an activating group) is 1. The third-order valence-electron chi connectivity index (χ3n) is 4.38. The van der Waals surface area contributed by atoms with Crippen molar-refractivity contribution in [2.24, 2.45) is 0 Å². The van der Waals surface area contributed by atoms with Crippen LogP contribution in [0, 0.1) is 5.82 Å². The van der Waals surface area contributed by atoms with Gasteiger partial charge in [0.15, 0.2) is 5.11 Å². The minimum atomic E-state index is -0.557. The lowest BCUT2D eigenvalue weighted by molar-refractivity contribution is -0.143. The van der Waals surface area contributed by atoms with Gasteiger partial charge in [-0.25, -0.2) is 4.39 Å². The summed E-state index contributed by atoms with van der Waals surface area (Å²) in [7, 11) is 2.91. The Bertz CT molecular complexity index is 975. The summed E-state index contributed by atoms with van der Waals surface area (Å²) >= 11 is 5.28. The summed E-state index contributed by atoms with van der Waals surface area (Å²) in [6.45, 7) is -0.00428. The highest BCUT2D eigenvalue weighted by atomic mass is 32.1. The maximum atomic E-state index is 13.1. The van der Waals surface area contributed by atoms with Crippen LogP contribution in [0.1, 0.15) is 11.1 Å². The van der Waals surface area contributed by atoms with Crippen molar-refractivity contribution in [3.63, 3.8) is 0 Å². The fourth-order valence-corrected chi connectivity index (χ4v) is 3.01. The minimum Gasteiger partial charge on any atom is -0.488 e. The highest BCUT2D eigenvalue weighted by Gasteiger charge is 2.37. The van der Waals surface area contributed by atoms with E-state index in [1.165, 1.54) is 29.0 Å². The quantitative estimate of drug-likeness (QED) is 0.412. The molecule has 1 fully saturated rings. The average Bonchev–Trinajstić information content (AvgIpc) is 2.92. The van der Waals surface area contributed by atoms with Crippen molar-refractivity contribution < 1.29 is 23.5 Å². The molecule has 2 aromatic carbocycles. The van der Waals surface area contributed by atoms with Gasteiger partial charge < -0.3 is 14.4 Å². The van der Waals surface area contributed by atoms with Crippen LogP contribution in [0.5, 0.6) is 5.75 Å². The molecule has 6 nitrogen and oxygen atoms in total. The fourth-order valence-electron chi connectivity index (χ4n) is 2.76. The van der Waals surface area contributed by atoms with Gasteiger partial charge in [-0.3, -0.25) is 14.5 Å². The van der Waals surface area contributed by atoms with Crippen LogP contribution in [-0.2, 0) is 20.9 Å². The number of benzene rings is 2. The van der Waals surface area contributed by atoms with Crippen molar-refractivity contribution >= 4 is 35.3 Å². The lowest BCUT2D eigenvalue weighted by Gasteiger charge is -2.14. The summed E-state index contributed by atoms with van der Waals surface area (Å²) in [6, 6.07) is 13.3. The number of carbonyl (C=O) groups is 2. The molecule has 29 heavy (non-hydrogen) atoms. The van der Waals surface area contributed by atoms with E-state index >= 15 is 0 Å². The molecule has 0 bridgehead atoms. The van der Waals surface area contributed by atoms with Gasteiger partial charge in [-0.1, -0.05) is 30.3 Å². The Labute approximate surface area is 173 Å². The lowest BCUT2D eigenvalue weighted by Crippen LogP contribution is -2.36. The van der Waals surface area contributed by atoms with Crippen molar-refractivity contribution in [1.82, 2.24) is 9.80 Å². The van der Waals surface area contributed by atoms with E-state index in [2.05, 4.69) is 4.74 Å². The first-order valence-corrected chi connectivity index (χ1v) is 9.16. The van der Waals surface area contributed by atoms with Crippen molar-refractivity contribution in [2.45, 2.75) is 6.61 Å². The van der Waals surface area contributed by atoms with E-state index in [0.717, 1.165) is 5.56 Å². The molecule has 2 aromatic rings. The van der Waals surface area contributed by atoms with Crippen molar-refractivity contribution in [3.05, 3.63) is 71.2 Å². The van der Waals surface area contributed by atoms with Crippen LogP contribution in [0.3, 0.4) is 0 Å². The fraction of sp³-hybridized carbons (Fsp3) is 0.190. The largest absolute Gasteiger partial charge is 0.488 e. The molecule has 0 unspecified atom stereocenters. The van der Waals surface area contributed by atoms with Crippen molar-refractivity contribution in [3.8, 4) is 5.75 Å². The monoisotopic (exact) mass is 414 g/mol. The number of methoxy groups -OCH3 is 1. The Morgan fingerprint density at radius 3 is 2.55 bits per heavy atom. The molecule has 1 aliphatic rings. The smallest absolute Gasteiger partial charge is 0.325 e. The number of carbonyl (C=O) groups excluding carboxylic acids is 2. The van der Waals surface area contributed by atoms with Crippen molar-refractivity contribution in [2.75, 3.05) is 20.7 Å². The van der Waals surface area contributed by atoms with Gasteiger partial charge in [0.1, 0.15) is 30.4 Å². The average molecular weight is 414 g/mol. The van der Waals surface area contributed by atoms with E-state index in [0.29, 0.717) is 17.0 Å². The zero-order valence-corrected chi connectivity index (χ0v) is 16.7. The maximum absolute atomic E-state index is 13.1. The number of amides is 1. The second-order valence-electron chi connectivity index (χ2n) is 6.29. The first-order chi connectivity index (χ1) is 13.9. The topological polar surface area (TPSA) is 59.1 Å². The molecule has 0 atom stereocenters. The number of para-hydroxylation sites is 1. The SMILES string of the molecule is COC(=O)CN1C(=O)/C(=C/c2ccccc2OCc2ccc(F)cc2)N(C)C1=S. The third-order valence-corrected chi connectivity index (χ3v) is 4.87. The number of rotatable bonds is 6. The Morgan fingerprint density at radius 2 is 1.86 bits per heavy atom.